The van der Waals surface area contributed by atoms with Crippen LogP contribution in [0.5, 0.6) is 0 Å². The molecule has 1 saturated heterocycles. The first-order chi connectivity index (χ1) is 8.60. The fourth-order valence-electron chi connectivity index (χ4n) is 3.47. The molecule has 5 nitrogen and oxygen atoms in total. The summed E-state index contributed by atoms with van der Waals surface area (Å²) >= 11 is 0. The lowest BCUT2D eigenvalue weighted by molar-refractivity contribution is -0.165. The largest absolute Gasteiger partial charge is 0.465 e. The number of cyclic esters (lactones) is 2. The van der Waals surface area contributed by atoms with E-state index >= 15 is 0 Å². The maximum Gasteiger partial charge on any atom is 0.318 e. The Kier molecular flexibility index (Phi) is 2.33. The van der Waals surface area contributed by atoms with Gasteiger partial charge in [-0.15, -0.1) is 0 Å². The average Bonchev–Trinajstić information content (AvgIpc) is 2.69. The molecule has 0 N–H and O–H groups in total. The third-order valence-electron chi connectivity index (χ3n) is 4.29. The summed E-state index contributed by atoms with van der Waals surface area (Å²) in [6, 6.07) is 0. The van der Waals surface area contributed by atoms with E-state index < -0.39 is 35.2 Å². The maximum absolute atomic E-state index is 12.2. The van der Waals surface area contributed by atoms with E-state index in [0.717, 1.165) is 6.42 Å². The van der Waals surface area contributed by atoms with Crippen molar-refractivity contribution in [2.75, 3.05) is 6.61 Å². The van der Waals surface area contributed by atoms with Crippen molar-refractivity contribution in [3.05, 3.63) is 12.2 Å². The summed E-state index contributed by atoms with van der Waals surface area (Å²) in [5.74, 6) is -2.65. The van der Waals surface area contributed by atoms with Gasteiger partial charge in [-0.2, -0.15) is 0 Å². The van der Waals surface area contributed by atoms with Gasteiger partial charge in [0.1, 0.15) is 5.41 Å². The Bertz CT molecular complexity index is 466. The van der Waals surface area contributed by atoms with Gasteiger partial charge in [-0.1, -0.05) is 12.2 Å². The Labute approximate surface area is 104 Å². The number of rotatable bonds is 2. The van der Waals surface area contributed by atoms with Crippen molar-refractivity contribution in [3.8, 4) is 0 Å². The number of carbonyl (C=O) groups is 3. The van der Waals surface area contributed by atoms with Gasteiger partial charge < -0.3 is 9.47 Å². The van der Waals surface area contributed by atoms with Crippen molar-refractivity contribution >= 4 is 17.9 Å². The molecule has 0 amide bonds. The molecule has 0 aromatic rings. The van der Waals surface area contributed by atoms with Crippen LogP contribution in [0.3, 0.4) is 0 Å². The maximum atomic E-state index is 12.2. The summed E-state index contributed by atoms with van der Waals surface area (Å²) in [5, 5.41) is 0. The van der Waals surface area contributed by atoms with E-state index in [1.807, 2.05) is 6.08 Å². The fraction of sp³-hybridized carbons (Fsp3) is 0.615. The van der Waals surface area contributed by atoms with Crippen molar-refractivity contribution in [1.29, 1.82) is 0 Å². The molecule has 3 aliphatic carbocycles. The predicted molar refractivity (Wildman–Crippen MR) is 59.0 cm³/mol. The second kappa shape index (κ2) is 3.67. The number of carbonyl (C=O) groups excluding carboxylic acids is 3. The summed E-state index contributed by atoms with van der Waals surface area (Å²) in [5.41, 5.74) is -0.987. The van der Waals surface area contributed by atoms with Gasteiger partial charge in [-0.05, 0) is 25.7 Å². The number of ether oxygens (including phenoxy) is 2. The van der Waals surface area contributed by atoms with Crippen molar-refractivity contribution in [2.24, 2.45) is 23.2 Å². The molecule has 0 unspecified atom stereocenters. The first-order valence-corrected chi connectivity index (χ1v) is 6.22. The Hall–Kier alpha value is -1.65. The smallest absolute Gasteiger partial charge is 0.318 e. The molecule has 5 heteroatoms. The minimum absolute atomic E-state index is 0.0188. The van der Waals surface area contributed by atoms with Crippen LogP contribution in [-0.2, 0) is 23.9 Å². The van der Waals surface area contributed by atoms with Crippen LogP contribution in [0.25, 0.3) is 0 Å². The lowest BCUT2D eigenvalue weighted by atomic mass is 9.55. The Morgan fingerprint density at radius 1 is 1.50 bits per heavy atom. The van der Waals surface area contributed by atoms with Gasteiger partial charge in [0.15, 0.2) is 0 Å². The molecular formula is C13H14O5. The monoisotopic (exact) mass is 250 g/mol. The van der Waals surface area contributed by atoms with E-state index in [9.17, 15) is 14.4 Å². The summed E-state index contributed by atoms with van der Waals surface area (Å²) < 4.78 is 9.80. The molecule has 4 rings (SSSR count). The number of esters is 3. The van der Waals surface area contributed by atoms with Crippen LogP contribution in [0.2, 0.25) is 0 Å². The van der Waals surface area contributed by atoms with Crippen molar-refractivity contribution in [2.45, 2.75) is 19.8 Å². The summed E-state index contributed by atoms with van der Waals surface area (Å²) in [7, 11) is 0. The highest BCUT2D eigenvalue weighted by atomic mass is 16.6. The molecule has 0 spiro atoms. The minimum Gasteiger partial charge on any atom is -0.465 e. The highest BCUT2D eigenvalue weighted by molar-refractivity contribution is 6.01. The molecular weight excluding hydrogens is 236 g/mol. The molecule has 0 aromatic carbocycles. The van der Waals surface area contributed by atoms with Crippen LogP contribution in [0.15, 0.2) is 12.2 Å². The number of hydrogen-bond acceptors (Lipinski definition) is 5. The molecule has 4 atom stereocenters. The highest BCUT2D eigenvalue weighted by Crippen LogP contribution is 2.56. The van der Waals surface area contributed by atoms with Crippen LogP contribution < -0.4 is 0 Å². The van der Waals surface area contributed by atoms with Crippen LogP contribution in [-0.4, -0.2) is 24.5 Å². The summed E-state index contributed by atoms with van der Waals surface area (Å²) in [4.78, 5) is 35.7. The van der Waals surface area contributed by atoms with E-state index in [1.165, 1.54) is 0 Å². The zero-order valence-electron chi connectivity index (χ0n) is 10.0. The Morgan fingerprint density at radius 3 is 2.89 bits per heavy atom. The van der Waals surface area contributed by atoms with Gasteiger partial charge in [-0.25, -0.2) is 0 Å². The first kappa shape index (κ1) is 11.4. The molecule has 1 saturated carbocycles. The highest BCUT2D eigenvalue weighted by Gasteiger charge is 2.65. The van der Waals surface area contributed by atoms with Crippen LogP contribution >= 0.6 is 0 Å². The quantitative estimate of drug-likeness (QED) is 0.412. The first-order valence-electron chi connectivity index (χ1n) is 6.22. The normalized spacial score (nSPS) is 40.6. The number of fused-ring (bicyclic) bond motifs is 1. The lowest BCUT2D eigenvalue weighted by Crippen LogP contribution is -2.51. The molecule has 4 aliphatic rings. The second-order valence-electron chi connectivity index (χ2n) is 5.07. The summed E-state index contributed by atoms with van der Waals surface area (Å²) in [6.07, 6.45) is 4.89. The molecule has 1 heterocycles. The van der Waals surface area contributed by atoms with Gasteiger partial charge in [-0.3, -0.25) is 14.4 Å². The van der Waals surface area contributed by atoms with Crippen LogP contribution in [0.4, 0.5) is 0 Å². The Morgan fingerprint density at radius 2 is 2.28 bits per heavy atom. The molecule has 2 bridgehead atoms. The van der Waals surface area contributed by atoms with E-state index in [4.69, 9.17) is 9.47 Å². The average molecular weight is 250 g/mol. The molecule has 2 fully saturated rings. The van der Waals surface area contributed by atoms with E-state index in [-0.39, 0.29) is 12.5 Å². The zero-order chi connectivity index (χ0) is 12.9. The van der Waals surface area contributed by atoms with E-state index in [1.54, 1.807) is 13.0 Å². The third-order valence-corrected chi connectivity index (χ3v) is 4.29. The van der Waals surface area contributed by atoms with Crippen LogP contribution in [0.1, 0.15) is 19.8 Å². The van der Waals surface area contributed by atoms with E-state index in [2.05, 4.69) is 0 Å². The van der Waals surface area contributed by atoms with Crippen LogP contribution in [0, 0.1) is 23.2 Å². The van der Waals surface area contributed by atoms with Crippen molar-refractivity contribution < 1.29 is 23.9 Å². The van der Waals surface area contributed by atoms with Gasteiger partial charge in [0, 0.05) is 0 Å². The lowest BCUT2D eigenvalue weighted by Gasteiger charge is -2.45. The van der Waals surface area contributed by atoms with Gasteiger partial charge in [0.2, 0.25) is 0 Å². The van der Waals surface area contributed by atoms with Gasteiger partial charge in [0.05, 0.1) is 18.4 Å². The van der Waals surface area contributed by atoms with Crippen molar-refractivity contribution in [1.82, 2.24) is 0 Å². The topological polar surface area (TPSA) is 69.7 Å². The molecule has 18 heavy (non-hydrogen) atoms. The van der Waals surface area contributed by atoms with E-state index in [0.29, 0.717) is 6.42 Å². The van der Waals surface area contributed by atoms with Gasteiger partial charge >= 0.3 is 17.9 Å². The molecule has 1 aliphatic heterocycles. The van der Waals surface area contributed by atoms with Crippen molar-refractivity contribution in [3.63, 3.8) is 0 Å². The minimum atomic E-state index is -0.987. The Balaban J connectivity index is 2.05. The number of allylic oxidation sites excluding steroid dienone is 1. The predicted octanol–water partition coefficient (Wildman–Crippen LogP) is 0.831. The molecule has 0 aromatic heterocycles. The summed E-state index contributed by atoms with van der Waals surface area (Å²) in [6.45, 7) is 1.99. The van der Waals surface area contributed by atoms with Gasteiger partial charge in [0.25, 0.3) is 0 Å². The number of hydrogen-bond donors (Lipinski definition) is 0. The molecule has 0 radical (unpaired) electrons. The molecule has 96 valence electrons. The third kappa shape index (κ3) is 1.24. The standard InChI is InChI=1S/C13H14O5/c1-2-17-12(16)13-5-3-7(4-6-13)8-9(13)11(15)18-10(8)14/h3,5,7-9H,2,4,6H2,1H3/t7-,8-,9+,13-/m0/s1. The zero-order valence-corrected chi connectivity index (χ0v) is 10.0. The SMILES string of the molecule is CCOC(=O)[C@@]12C=C[C@@H](CC1)[C@@H]1C(=O)OC(=O)[C@@H]12. The fourth-order valence-corrected chi connectivity index (χ4v) is 3.47. The second-order valence-corrected chi connectivity index (χ2v) is 5.07.